The van der Waals surface area contributed by atoms with Gasteiger partial charge in [0.05, 0.1) is 12.7 Å². The van der Waals surface area contributed by atoms with Gasteiger partial charge in [-0.3, -0.25) is 4.79 Å². The molecule has 0 unspecified atom stereocenters. The molecule has 9 heteroatoms. The predicted molar refractivity (Wildman–Crippen MR) is 86.4 cm³/mol. The van der Waals surface area contributed by atoms with Crippen LogP contribution in [0.3, 0.4) is 0 Å². The van der Waals surface area contributed by atoms with E-state index in [-0.39, 0.29) is 5.91 Å². The minimum absolute atomic E-state index is 0.318. The summed E-state index contributed by atoms with van der Waals surface area (Å²) in [7, 11) is 1.32. The van der Waals surface area contributed by atoms with Crippen LogP contribution in [0, 0.1) is 0 Å². The fourth-order valence-corrected chi connectivity index (χ4v) is 3.05. The summed E-state index contributed by atoms with van der Waals surface area (Å²) >= 11 is 1.19. The highest BCUT2D eigenvalue weighted by molar-refractivity contribution is 7.18. The number of rotatable bonds is 4. The number of hydrogen-bond acceptors (Lipinski definition) is 7. The van der Waals surface area contributed by atoms with Gasteiger partial charge in [0.2, 0.25) is 9.97 Å². The van der Waals surface area contributed by atoms with E-state index in [1.54, 1.807) is 28.8 Å². The summed E-state index contributed by atoms with van der Waals surface area (Å²) in [6, 6.07) is 6.45. The van der Waals surface area contributed by atoms with Crippen LogP contribution in [0.1, 0.15) is 44.7 Å². The second-order valence-electron chi connectivity index (χ2n) is 5.46. The molecule has 122 valence electrons. The van der Waals surface area contributed by atoms with E-state index in [0.717, 1.165) is 18.7 Å². The standard InChI is InChI=1S/C15H13N5O3S/c1-23-14(22)9-4-6-10(7-5-9)16-12(21)13-19-20-11(8-2-3-8)17-18-15(20)24-13/h4-8H,2-3H2,1H3,(H,16,21). The number of carbonyl (C=O) groups is 2. The second-order valence-corrected chi connectivity index (χ2v) is 6.41. The van der Waals surface area contributed by atoms with Crippen LogP contribution in [0.2, 0.25) is 0 Å². The molecular weight excluding hydrogens is 330 g/mol. The van der Waals surface area contributed by atoms with Gasteiger partial charge in [0.15, 0.2) is 5.82 Å². The molecule has 1 aliphatic rings. The van der Waals surface area contributed by atoms with E-state index < -0.39 is 5.97 Å². The third kappa shape index (κ3) is 2.62. The van der Waals surface area contributed by atoms with Crippen molar-refractivity contribution in [3.63, 3.8) is 0 Å². The molecule has 1 N–H and O–H groups in total. The van der Waals surface area contributed by atoms with Crippen molar-refractivity contribution in [2.24, 2.45) is 0 Å². The maximum atomic E-state index is 12.3. The Hall–Kier alpha value is -2.81. The monoisotopic (exact) mass is 343 g/mol. The van der Waals surface area contributed by atoms with Crippen LogP contribution < -0.4 is 5.32 Å². The van der Waals surface area contributed by atoms with Gasteiger partial charge in [-0.25, -0.2) is 4.79 Å². The lowest BCUT2D eigenvalue weighted by Crippen LogP contribution is -2.12. The second kappa shape index (κ2) is 5.68. The lowest BCUT2D eigenvalue weighted by molar-refractivity contribution is 0.0600. The number of nitrogens with one attached hydrogen (secondary N) is 1. The number of amides is 1. The molecule has 1 amide bonds. The number of benzene rings is 1. The smallest absolute Gasteiger partial charge is 0.337 e. The van der Waals surface area contributed by atoms with Crippen LogP contribution in [0.4, 0.5) is 5.69 Å². The Bertz CT molecular complexity index is 926. The molecule has 3 aromatic rings. The van der Waals surface area contributed by atoms with E-state index in [9.17, 15) is 9.59 Å². The van der Waals surface area contributed by atoms with Crippen molar-refractivity contribution in [1.29, 1.82) is 0 Å². The van der Waals surface area contributed by atoms with Gasteiger partial charge >= 0.3 is 5.97 Å². The van der Waals surface area contributed by atoms with Gasteiger partial charge in [-0.15, -0.1) is 15.3 Å². The molecule has 1 aromatic carbocycles. The maximum Gasteiger partial charge on any atom is 0.337 e. The van der Waals surface area contributed by atoms with Gasteiger partial charge < -0.3 is 10.1 Å². The number of ether oxygens (including phenoxy) is 1. The highest BCUT2D eigenvalue weighted by Crippen LogP contribution is 2.39. The van der Waals surface area contributed by atoms with Gasteiger partial charge in [0.25, 0.3) is 5.91 Å². The van der Waals surface area contributed by atoms with Gasteiger partial charge in [0.1, 0.15) is 0 Å². The lowest BCUT2D eigenvalue weighted by Gasteiger charge is -2.04. The lowest BCUT2D eigenvalue weighted by atomic mass is 10.2. The first-order valence-electron chi connectivity index (χ1n) is 7.37. The largest absolute Gasteiger partial charge is 0.465 e. The molecule has 0 spiro atoms. The number of nitrogens with zero attached hydrogens (tertiary/aromatic N) is 4. The number of aromatic nitrogens is 4. The molecule has 0 radical (unpaired) electrons. The predicted octanol–water partition coefficient (Wildman–Crippen LogP) is 2.10. The number of methoxy groups -OCH3 is 1. The van der Waals surface area contributed by atoms with E-state index in [0.29, 0.717) is 27.1 Å². The maximum absolute atomic E-state index is 12.3. The average molecular weight is 343 g/mol. The summed E-state index contributed by atoms with van der Waals surface area (Å²) in [4.78, 5) is 24.3. The van der Waals surface area contributed by atoms with Crippen molar-refractivity contribution >= 4 is 33.9 Å². The molecule has 0 saturated heterocycles. The quantitative estimate of drug-likeness (QED) is 0.729. The normalized spacial score (nSPS) is 13.9. The topological polar surface area (TPSA) is 98.5 Å². The first kappa shape index (κ1) is 14.8. The van der Waals surface area contributed by atoms with Crippen LogP contribution in [0.25, 0.3) is 4.96 Å². The first-order chi connectivity index (χ1) is 11.7. The van der Waals surface area contributed by atoms with Crippen LogP contribution in [0.5, 0.6) is 0 Å². The van der Waals surface area contributed by atoms with E-state index in [1.807, 2.05) is 0 Å². The summed E-state index contributed by atoms with van der Waals surface area (Å²) < 4.78 is 6.29. The minimum atomic E-state index is -0.422. The summed E-state index contributed by atoms with van der Waals surface area (Å²) in [5.74, 6) is 0.485. The number of hydrogen-bond donors (Lipinski definition) is 1. The zero-order chi connectivity index (χ0) is 16.7. The zero-order valence-corrected chi connectivity index (χ0v) is 13.5. The van der Waals surface area contributed by atoms with Gasteiger partial charge in [0, 0.05) is 11.6 Å². The Kier molecular flexibility index (Phi) is 3.49. The molecular formula is C15H13N5O3S. The highest BCUT2D eigenvalue weighted by Gasteiger charge is 2.30. The molecule has 1 fully saturated rings. The van der Waals surface area contributed by atoms with Crippen molar-refractivity contribution in [3.05, 3.63) is 40.7 Å². The van der Waals surface area contributed by atoms with Crippen LogP contribution >= 0.6 is 11.3 Å². The van der Waals surface area contributed by atoms with Crippen molar-refractivity contribution in [2.45, 2.75) is 18.8 Å². The molecule has 1 aliphatic carbocycles. The molecule has 0 atom stereocenters. The van der Waals surface area contributed by atoms with Crippen molar-refractivity contribution in [1.82, 2.24) is 19.8 Å². The van der Waals surface area contributed by atoms with Crippen molar-refractivity contribution in [3.8, 4) is 0 Å². The fraction of sp³-hybridized carbons (Fsp3) is 0.267. The van der Waals surface area contributed by atoms with Crippen LogP contribution in [-0.4, -0.2) is 38.8 Å². The SMILES string of the molecule is COC(=O)c1ccc(NC(=O)c2nn3c(C4CC4)nnc3s2)cc1. The molecule has 8 nitrogen and oxygen atoms in total. The van der Waals surface area contributed by atoms with Crippen LogP contribution in [0.15, 0.2) is 24.3 Å². The third-order valence-corrected chi connectivity index (χ3v) is 4.61. The van der Waals surface area contributed by atoms with E-state index >= 15 is 0 Å². The minimum Gasteiger partial charge on any atom is -0.465 e. The number of carbonyl (C=O) groups excluding carboxylic acids is 2. The third-order valence-electron chi connectivity index (χ3n) is 3.72. The Morgan fingerprint density at radius 3 is 2.67 bits per heavy atom. The van der Waals surface area contributed by atoms with E-state index in [2.05, 4.69) is 25.3 Å². The van der Waals surface area contributed by atoms with Crippen molar-refractivity contribution in [2.75, 3.05) is 12.4 Å². The molecule has 0 aliphatic heterocycles. The van der Waals surface area contributed by atoms with Crippen molar-refractivity contribution < 1.29 is 14.3 Å². The number of esters is 1. The van der Waals surface area contributed by atoms with Crippen LogP contribution in [-0.2, 0) is 4.74 Å². The summed E-state index contributed by atoms with van der Waals surface area (Å²) in [6.45, 7) is 0. The van der Waals surface area contributed by atoms with E-state index in [4.69, 9.17) is 0 Å². The number of anilines is 1. The Morgan fingerprint density at radius 2 is 2.00 bits per heavy atom. The summed E-state index contributed by atoms with van der Waals surface area (Å²) in [5.41, 5.74) is 0.990. The Morgan fingerprint density at radius 1 is 1.25 bits per heavy atom. The molecule has 1 saturated carbocycles. The fourth-order valence-electron chi connectivity index (χ4n) is 2.31. The Labute approximate surface area is 140 Å². The van der Waals surface area contributed by atoms with Gasteiger partial charge in [-0.2, -0.15) is 4.52 Å². The molecule has 4 rings (SSSR count). The molecule has 0 bridgehead atoms. The molecule has 2 heterocycles. The molecule has 2 aromatic heterocycles. The van der Waals surface area contributed by atoms with Gasteiger partial charge in [-0.1, -0.05) is 11.3 Å². The number of fused-ring (bicyclic) bond motifs is 1. The van der Waals surface area contributed by atoms with Gasteiger partial charge in [-0.05, 0) is 37.1 Å². The average Bonchev–Trinajstić information content (AvgIpc) is 3.22. The summed E-state index contributed by atoms with van der Waals surface area (Å²) in [5, 5.41) is 15.6. The zero-order valence-electron chi connectivity index (χ0n) is 12.7. The summed E-state index contributed by atoms with van der Waals surface area (Å²) in [6.07, 6.45) is 2.18. The molecule has 24 heavy (non-hydrogen) atoms. The Balaban J connectivity index is 1.52. The first-order valence-corrected chi connectivity index (χ1v) is 8.19. The highest BCUT2D eigenvalue weighted by atomic mass is 32.1. The van der Waals surface area contributed by atoms with E-state index in [1.165, 1.54) is 18.4 Å².